The minimum Gasteiger partial charge on any atom is -0.545 e. The normalized spacial score (nSPS) is 13.4. The van der Waals surface area contributed by atoms with Crippen molar-refractivity contribution >= 4 is 17.9 Å². The Morgan fingerprint density at radius 2 is 0.600 bits per heavy atom. The average Bonchev–Trinajstić information content (AvgIpc) is 2.86. The van der Waals surface area contributed by atoms with Gasteiger partial charge >= 0.3 is 11.9 Å². The van der Waals surface area contributed by atoms with Gasteiger partial charge in [0.15, 0.2) is 12.4 Å². The number of carbonyl (C=O) groups is 3. The molecular weight excluding hydrogens is 1170 g/mol. The first-order valence-electron chi connectivity index (χ1n) is 39.3. The first-order valence-corrected chi connectivity index (χ1v) is 39.3. The van der Waals surface area contributed by atoms with Crippen molar-refractivity contribution < 1.29 is 42.9 Å². The van der Waals surface area contributed by atoms with Crippen molar-refractivity contribution in [2.45, 2.75) is 347 Å². The van der Waals surface area contributed by atoms with E-state index < -0.39 is 24.3 Å². The van der Waals surface area contributed by atoms with Gasteiger partial charge in [-0.2, -0.15) is 0 Å². The summed E-state index contributed by atoms with van der Waals surface area (Å²) in [6.45, 7) is 4.61. The van der Waals surface area contributed by atoms with Gasteiger partial charge in [-0.15, -0.1) is 0 Å². The van der Waals surface area contributed by atoms with E-state index in [9.17, 15) is 19.5 Å². The average molecular weight is 1320 g/mol. The van der Waals surface area contributed by atoms with Crippen LogP contribution in [0.25, 0.3) is 0 Å². The predicted octanol–water partition coefficient (Wildman–Crippen LogP) is 23.9. The summed E-state index contributed by atoms with van der Waals surface area (Å²) >= 11 is 0. The van der Waals surface area contributed by atoms with E-state index in [4.69, 9.17) is 18.9 Å². The molecule has 95 heavy (non-hydrogen) atoms. The molecule has 0 N–H and O–H groups in total. The van der Waals surface area contributed by atoms with E-state index in [2.05, 4.69) is 148 Å². The SMILES string of the molecule is CC/C=C\C/C=C\C/C=C\C/C=C\C/C=C\C/C=C\C/C=C\C/C=C\CCCCCCC(=O)OC(COC(=O)CCCCCCCCCCCCCCCCCCCCCCCCCCCC/C=C\C/C=C\C/C=C\CCCCCCC)COC(OCC[N+](C)(C)C)C(=O)[O-]. The summed E-state index contributed by atoms with van der Waals surface area (Å²) in [5, 5.41) is 11.8. The van der Waals surface area contributed by atoms with Crippen molar-refractivity contribution in [2.75, 3.05) is 47.5 Å². The van der Waals surface area contributed by atoms with Crippen molar-refractivity contribution in [3.8, 4) is 0 Å². The van der Waals surface area contributed by atoms with Crippen LogP contribution in [-0.2, 0) is 33.3 Å². The Morgan fingerprint density at radius 1 is 0.326 bits per heavy atom. The van der Waals surface area contributed by atoms with Gasteiger partial charge < -0.3 is 33.3 Å². The van der Waals surface area contributed by atoms with Gasteiger partial charge in [-0.1, -0.05) is 340 Å². The van der Waals surface area contributed by atoms with Crippen molar-refractivity contribution in [3.05, 3.63) is 134 Å². The fourth-order valence-corrected chi connectivity index (χ4v) is 10.9. The molecule has 0 bridgehead atoms. The number of carboxylic acids is 1. The Kier molecular flexibility index (Phi) is 71.6. The van der Waals surface area contributed by atoms with Crippen LogP contribution in [0.15, 0.2) is 134 Å². The summed E-state index contributed by atoms with van der Waals surface area (Å²) in [5.74, 6) is -2.31. The third-order valence-corrected chi connectivity index (χ3v) is 16.9. The molecule has 2 atom stereocenters. The molecule has 0 amide bonds. The lowest BCUT2D eigenvalue weighted by atomic mass is 10.0. The Hall–Kier alpha value is -4.57. The maximum absolute atomic E-state index is 12.9. The molecule has 0 spiro atoms. The summed E-state index contributed by atoms with van der Waals surface area (Å²) in [5.41, 5.74) is 0. The summed E-state index contributed by atoms with van der Waals surface area (Å²) in [7, 11) is 5.92. The van der Waals surface area contributed by atoms with E-state index in [1.807, 2.05) is 21.1 Å². The standard InChI is InChI=1S/C86H147NO8/c1-6-8-10-12-14-16-18-20-22-24-26-28-30-32-34-36-37-38-39-40-41-42-43-44-45-46-47-49-50-52-54-56-58-60-62-64-66-68-70-72-74-76-83(88)93-80-82(81-94-86(85(90)91)92-79-78-87(3,4)5)95-84(89)77-75-73-71-69-67-65-63-61-59-57-55-53-51-48-35-33-31-29-27-25-23-21-19-17-15-13-11-9-7-2/h9,11,15,17-18,20-21,23-24,26-27,29-30,32-33,35,51,53,57,59,63,65,82,86H,6-8,10,12-14,16,19,22,25,28,31,34,36-50,52,54-56,58,60-62,64,66-81H2,1-5H3/b11-9-,17-15-,20-18-,23-21-,26-24-,29-27-,32-30-,35-33-,53-51-,59-57-,65-63-. The molecule has 544 valence electrons. The fourth-order valence-electron chi connectivity index (χ4n) is 10.9. The van der Waals surface area contributed by atoms with E-state index in [0.29, 0.717) is 17.4 Å². The lowest BCUT2D eigenvalue weighted by Gasteiger charge is -2.26. The number of aliphatic carboxylic acids is 1. The van der Waals surface area contributed by atoms with Crippen molar-refractivity contribution in [3.63, 3.8) is 0 Å². The zero-order chi connectivity index (χ0) is 69.0. The smallest absolute Gasteiger partial charge is 0.306 e. The molecule has 0 aliphatic rings. The van der Waals surface area contributed by atoms with Crippen LogP contribution in [0.1, 0.15) is 335 Å². The Morgan fingerprint density at radius 3 is 0.895 bits per heavy atom. The number of nitrogens with zero attached hydrogens (tertiary/aromatic N) is 1. The van der Waals surface area contributed by atoms with Crippen LogP contribution in [0.5, 0.6) is 0 Å². The number of hydrogen-bond acceptors (Lipinski definition) is 8. The van der Waals surface area contributed by atoms with Crippen LogP contribution >= 0.6 is 0 Å². The number of carboxylic acid groups (broad SMARTS) is 1. The molecule has 0 heterocycles. The van der Waals surface area contributed by atoms with Gasteiger partial charge in [-0.25, -0.2) is 0 Å². The van der Waals surface area contributed by atoms with E-state index in [-0.39, 0.29) is 38.6 Å². The van der Waals surface area contributed by atoms with Crippen LogP contribution in [0.4, 0.5) is 0 Å². The number of esters is 2. The van der Waals surface area contributed by atoms with Gasteiger partial charge in [0.1, 0.15) is 13.2 Å². The van der Waals surface area contributed by atoms with Gasteiger partial charge in [-0.3, -0.25) is 9.59 Å². The number of hydrogen-bond donors (Lipinski definition) is 0. The second-order valence-corrected chi connectivity index (χ2v) is 27.3. The maximum atomic E-state index is 12.9. The number of carbonyl (C=O) groups excluding carboxylic acids is 3. The minimum absolute atomic E-state index is 0.137. The molecule has 0 saturated heterocycles. The van der Waals surface area contributed by atoms with Crippen LogP contribution in [0.2, 0.25) is 0 Å². The third kappa shape index (κ3) is 76.7. The summed E-state index contributed by atoms with van der Waals surface area (Å²) in [6, 6.07) is 0. The fraction of sp³-hybridized carbons (Fsp3) is 0.709. The van der Waals surface area contributed by atoms with Crippen LogP contribution in [-0.4, -0.2) is 82.3 Å². The third-order valence-electron chi connectivity index (χ3n) is 16.9. The quantitative estimate of drug-likeness (QED) is 0.0195. The molecule has 0 aromatic rings. The van der Waals surface area contributed by atoms with Gasteiger partial charge in [0.25, 0.3) is 0 Å². The first kappa shape index (κ1) is 90.4. The highest BCUT2D eigenvalue weighted by atomic mass is 16.7. The second-order valence-electron chi connectivity index (χ2n) is 27.3. The summed E-state index contributed by atoms with van der Waals surface area (Å²) < 4.78 is 22.8. The lowest BCUT2D eigenvalue weighted by molar-refractivity contribution is -0.870. The van der Waals surface area contributed by atoms with Gasteiger partial charge in [-0.05, 0) is 116 Å². The number of likely N-dealkylation sites (N-methyl/N-ethyl adjacent to an activating group) is 1. The molecule has 9 nitrogen and oxygen atoms in total. The van der Waals surface area contributed by atoms with Crippen LogP contribution in [0.3, 0.4) is 0 Å². The molecule has 9 heteroatoms. The monoisotopic (exact) mass is 1320 g/mol. The molecule has 0 radical (unpaired) electrons. The van der Waals surface area contributed by atoms with Gasteiger partial charge in [0, 0.05) is 12.8 Å². The Labute approximate surface area is 586 Å². The van der Waals surface area contributed by atoms with Gasteiger partial charge in [0.2, 0.25) is 0 Å². The Balaban J connectivity index is 4.05. The highest BCUT2D eigenvalue weighted by Crippen LogP contribution is 2.18. The zero-order valence-corrected chi connectivity index (χ0v) is 62.3. The van der Waals surface area contributed by atoms with Crippen LogP contribution < -0.4 is 5.11 Å². The molecule has 2 unspecified atom stereocenters. The topological polar surface area (TPSA) is 111 Å². The molecule has 0 aliphatic heterocycles. The number of allylic oxidation sites excluding steroid dienone is 22. The van der Waals surface area contributed by atoms with Crippen molar-refractivity contribution in [1.82, 2.24) is 0 Å². The molecule has 0 rings (SSSR count). The first-order chi connectivity index (χ1) is 46.6. The molecule has 0 aromatic carbocycles. The molecular formula is C86H147NO8. The lowest BCUT2D eigenvalue weighted by Crippen LogP contribution is -2.44. The van der Waals surface area contributed by atoms with E-state index in [1.54, 1.807) is 0 Å². The number of unbranched alkanes of at least 4 members (excludes halogenated alkanes) is 35. The molecule has 0 aliphatic carbocycles. The van der Waals surface area contributed by atoms with Crippen LogP contribution in [0, 0.1) is 0 Å². The van der Waals surface area contributed by atoms with E-state index >= 15 is 0 Å². The largest absolute Gasteiger partial charge is 0.545 e. The Bertz CT molecular complexity index is 2030. The molecule has 0 fully saturated rings. The zero-order valence-electron chi connectivity index (χ0n) is 62.3. The highest BCUT2D eigenvalue weighted by molar-refractivity contribution is 5.70. The highest BCUT2D eigenvalue weighted by Gasteiger charge is 2.22. The van der Waals surface area contributed by atoms with Gasteiger partial charge in [0.05, 0.1) is 40.3 Å². The van der Waals surface area contributed by atoms with E-state index in [1.165, 1.54) is 193 Å². The second kappa shape index (κ2) is 75.2. The molecule has 0 saturated carbocycles. The number of ether oxygens (including phenoxy) is 4. The number of quaternary nitrogens is 1. The minimum atomic E-state index is -1.64. The summed E-state index contributed by atoms with van der Waals surface area (Å²) in [6.07, 6.45) is 106. The molecule has 0 aromatic heterocycles. The predicted molar refractivity (Wildman–Crippen MR) is 407 cm³/mol. The summed E-state index contributed by atoms with van der Waals surface area (Å²) in [4.78, 5) is 37.6. The van der Waals surface area contributed by atoms with Crippen molar-refractivity contribution in [2.24, 2.45) is 0 Å². The number of rotatable bonds is 72. The van der Waals surface area contributed by atoms with E-state index in [0.717, 1.165) is 109 Å². The maximum Gasteiger partial charge on any atom is 0.306 e. The van der Waals surface area contributed by atoms with Crippen molar-refractivity contribution in [1.29, 1.82) is 0 Å².